The maximum atomic E-state index is 13.9. The van der Waals surface area contributed by atoms with Crippen LogP contribution in [0.2, 0.25) is 0 Å². The lowest BCUT2D eigenvalue weighted by Gasteiger charge is -2.35. The molecule has 0 radical (unpaired) electrons. The monoisotopic (exact) mass is 576 g/mol. The number of anilines is 1. The van der Waals surface area contributed by atoms with Crippen molar-refractivity contribution in [3.8, 4) is 0 Å². The first-order valence-corrected chi connectivity index (χ1v) is 14.0. The summed E-state index contributed by atoms with van der Waals surface area (Å²) >= 11 is 1.16. The minimum atomic E-state index is -4.80. The van der Waals surface area contributed by atoms with Crippen molar-refractivity contribution in [2.45, 2.75) is 55.2 Å². The molecule has 0 unspecified atom stereocenters. The topological polar surface area (TPSA) is 79.5 Å². The van der Waals surface area contributed by atoms with E-state index in [9.17, 15) is 27.2 Å². The molecule has 1 aromatic carbocycles. The molecule has 3 aromatic rings. The minimum Gasteiger partial charge on any atom is -0.427 e. The van der Waals surface area contributed by atoms with Crippen LogP contribution in [0.1, 0.15) is 53.1 Å². The number of thioether (sulfide) groups is 1. The summed E-state index contributed by atoms with van der Waals surface area (Å²) in [4.78, 5) is 37.1. The van der Waals surface area contributed by atoms with E-state index in [2.05, 4.69) is 9.97 Å². The number of nitrogens with zero attached hydrogens (tertiary/aromatic N) is 4. The van der Waals surface area contributed by atoms with Gasteiger partial charge >= 0.3 is 6.18 Å². The van der Waals surface area contributed by atoms with Crippen LogP contribution in [0.4, 0.5) is 23.4 Å². The highest BCUT2D eigenvalue weighted by atomic mass is 32.2. The van der Waals surface area contributed by atoms with Gasteiger partial charge in [-0.3, -0.25) is 9.59 Å². The second-order valence-corrected chi connectivity index (χ2v) is 11.2. The smallest absolute Gasteiger partial charge is 0.427 e. The summed E-state index contributed by atoms with van der Waals surface area (Å²) < 4.78 is 60.0. The number of oxazole rings is 1. The third-order valence-electron chi connectivity index (χ3n) is 7.13. The molecule has 1 amide bonds. The molecule has 40 heavy (non-hydrogen) atoms. The van der Waals surface area contributed by atoms with Gasteiger partial charge in [0.15, 0.2) is 5.69 Å². The number of aromatic nitrogens is 2. The molecule has 212 valence electrons. The molecule has 12 heteroatoms. The summed E-state index contributed by atoms with van der Waals surface area (Å²) in [5, 5.41) is 0.0221. The van der Waals surface area contributed by atoms with Crippen molar-refractivity contribution < 1.29 is 31.6 Å². The van der Waals surface area contributed by atoms with Gasteiger partial charge < -0.3 is 14.2 Å². The highest BCUT2D eigenvalue weighted by molar-refractivity contribution is 7.99. The van der Waals surface area contributed by atoms with Crippen LogP contribution < -0.4 is 4.90 Å². The molecule has 0 bridgehead atoms. The van der Waals surface area contributed by atoms with E-state index >= 15 is 0 Å². The predicted octanol–water partition coefficient (Wildman–Crippen LogP) is 5.58. The highest BCUT2D eigenvalue weighted by Gasteiger charge is 2.41. The van der Waals surface area contributed by atoms with E-state index in [1.807, 2.05) is 4.90 Å². The molecule has 1 saturated heterocycles. The molecule has 1 aliphatic heterocycles. The Labute approximate surface area is 233 Å². The molecule has 0 atom stereocenters. The van der Waals surface area contributed by atoms with E-state index < -0.39 is 29.2 Å². The predicted molar refractivity (Wildman–Crippen MR) is 141 cm³/mol. The third-order valence-corrected chi connectivity index (χ3v) is 8.31. The Bertz CT molecular complexity index is 1350. The zero-order valence-corrected chi connectivity index (χ0v) is 22.4. The molecule has 2 aromatic heterocycles. The molecule has 0 spiro atoms. The van der Waals surface area contributed by atoms with Crippen LogP contribution in [0.25, 0.3) is 0 Å². The van der Waals surface area contributed by atoms with Crippen LogP contribution in [-0.2, 0) is 23.8 Å². The fraction of sp³-hybridized carbons (Fsp3) is 0.429. The number of ketones is 1. The van der Waals surface area contributed by atoms with Crippen LogP contribution in [0.3, 0.4) is 0 Å². The number of hydrogen-bond acceptors (Lipinski definition) is 7. The molecule has 5 rings (SSSR count). The minimum absolute atomic E-state index is 0.00431. The average Bonchev–Trinajstić information content (AvgIpc) is 3.61. The van der Waals surface area contributed by atoms with Crippen LogP contribution in [0, 0.1) is 5.82 Å². The highest BCUT2D eigenvalue weighted by Crippen LogP contribution is 2.39. The Morgan fingerprint density at radius 3 is 2.38 bits per heavy atom. The van der Waals surface area contributed by atoms with E-state index in [0.29, 0.717) is 43.1 Å². The number of hydrogen-bond donors (Lipinski definition) is 0. The number of rotatable bonds is 8. The summed E-state index contributed by atoms with van der Waals surface area (Å²) in [5.41, 5.74) is -0.481. The van der Waals surface area contributed by atoms with Crippen LogP contribution in [0.5, 0.6) is 0 Å². The number of carbonyl (C=O) groups is 2. The van der Waals surface area contributed by atoms with Crippen LogP contribution in [-0.4, -0.2) is 58.0 Å². The number of pyridine rings is 1. The van der Waals surface area contributed by atoms with Gasteiger partial charge in [0, 0.05) is 44.0 Å². The van der Waals surface area contributed by atoms with E-state index in [1.54, 1.807) is 35.2 Å². The molecular formula is C28H28F4N4O3S. The van der Waals surface area contributed by atoms with Gasteiger partial charge in [-0.15, -0.1) is 0 Å². The first-order valence-electron chi connectivity index (χ1n) is 13.2. The van der Waals surface area contributed by atoms with Crippen molar-refractivity contribution in [2.24, 2.45) is 0 Å². The van der Waals surface area contributed by atoms with E-state index in [1.165, 1.54) is 12.3 Å². The molecule has 1 saturated carbocycles. The van der Waals surface area contributed by atoms with Gasteiger partial charge in [0.05, 0.1) is 6.42 Å². The molecular weight excluding hydrogens is 548 g/mol. The van der Waals surface area contributed by atoms with E-state index in [-0.39, 0.29) is 29.2 Å². The molecule has 1 aliphatic carbocycles. The zero-order chi connectivity index (χ0) is 28.3. The summed E-state index contributed by atoms with van der Waals surface area (Å²) in [6.45, 7) is 1.93. The molecule has 3 heterocycles. The second-order valence-electron chi connectivity index (χ2n) is 9.94. The van der Waals surface area contributed by atoms with Crippen molar-refractivity contribution in [3.05, 3.63) is 71.0 Å². The number of alkyl halides is 3. The van der Waals surface area contributed by atoms with Gasteiger partial charge in [-0.1, -0.05) is 48.9 Å². The number of benzene rings is 1. The lowest BCUT2D eigenvalue weighted by molar-refractivity contribution is -0.141. The lowest BCUT2D eigenvalue weighted by Crippen LogP contribution is -2.49. The Kier molecular flexibility index (Phi) is 8.43. The summed E-state index contributed by atoms with van der Waals surface area (Å²) in [6.07, 6.45) is 0.145. The first-order chi connectivity index (χ1) is 19.2. The lowest BCUT2D eigenvalue weighted by atomic mass is 10.1. The average molecular weight is 577 g/mol. The van der Waals surface area contributed by atoms with Crippen molar-refractivity contribution in [3.63, 3.8) is 0 Å². The molecule has 0 N–H and O–H groups in total. The second kappa shape index (κ2) is 12.0. The van der Waals surface area contributed by atoms with Gasteiger partial charge in [0.1, 0.15) is 11.6 Å². The SMILES string of the molecule is O=C(Cc1ccc(N2CCN(C(=O)Cc3ccccc3F)CC2)nc1)c1oc(SC2CCCC2)nc1C(F)(F)F. The van der Waals surface area contributed by atoms with Gasteiger partial charge in [-0.2, -0.15) is 18.2 Å². The Morgan fingerprint density at radius 1 is 1.00 bits per heavy atom. The van der Waals surface area contributed by atoms with Crippen molar-refractivity contribution in [1.29, 1.82) is 0 Å². The number of amides is 1. The van der Waals surface area contributed by atoms with Crippen molar-refractivity contribution >= 4 is 29.3 Å². The number of piperazine rings is 1. The summed E-state index contributed by atoms with van der Waals surface area (Å²) in [6, 6.07) is 9.55. The zero-order valence-electron chi connectivity index (χ0n) is 21.6. The van der Waals surface area contributed by atoms with Gasteiger partial charge in [-0.25, -0.2) is 9.37 Å². The molecule has 7 nitrogen and oxygen atoms in total. The summed E-state index contributed by atoms with van der Waals surface area (Å²) in [5.74, 6) is -1.51. The van der Waals surface area contributed by atoms with E-state index in [4.69, 9.17) is 4.42 Å². The fourth-order valence-corrected chi connectivity index (χ4v) is 6.09. The maximum Gasteiger partial charge on any atom is 0.437 e. The number of Topliss-reactive ketones (excluding diaryl/α,β-unsaturated/α-hetero) is 1. The molecule has 2 fully saturated rings. The van der Waals surface area contributed by atoms with Crippen LogP contribution in [0.15, 0.2) is 52.2 Å². The van der Waals surface area contributed by atoms with Gasteiger partial charge in [0.25, 0.3) is 5.22 Å². The van der Waals surface area contributed by atoms with Gasteiger partial charge in [0.2, 0.25) is 17.5 Å². The standard InChI is InChI=1S/C28H28F4N4O3S/c29-21-8-4-1-5-19(21)16-24(38)36-13-11-35(12-14-36)23-10-9-18(17-33-23)15-22(37)25-26(28(30,31)32)34-27(39-25)40-20-6-2-3-7-20/h1,4-5,8-10,17,20H,2-3,6-7,11-16H2. The molecule has 2 aliphatic rings. The fourth-order valence-electron chi connectivity index (χ4n) is 4.96. The third kappa shape index (κ3) is 6.65. The van der Waals surface area contributed by atoms with Crippen LogP contribution >= 0.6 is 11.8 Å². The Morgan fingerprint density at radius 2 is 1.73 bits per heavy atom. The first kappa shape index (κ1) is 28.1. The van der Waals surface area contributed by atoms with E-state index in [0.717, 1.165) is 37.4 Å². The maximum absolute atomic E-state index is 13.9. The van der Waals surface area contributed by atoms with Crippen molar-refractivity contribution in [1.82, 2.24) is 14.9 Å². The Balaban J connectivity index is 1.18. The normalized spacial score (nSPS) is 16.5. The largest absolute Gasteiger partial charge is 0.437 e. The quantitative estimate of drug-likeness (QED) is 0.256. The number of halogens is 4. The summed E-state index contributed by atoms with van der Waals surface area (Å²) in [7, 11) is 0. The van der Waals surface area contributed by atoms with Gasteiger partial charge in [-0.05, 0) is 36.1 Å². The number of carbonyl (C=O) groups excluding carboxylic acids is 2. The van der Waals surface area contributed by atoms with Crippen molar-refractivity contribution in [2.75, 3.05) is 31.1 Å². The Hall–Kier alpha value is -3.41.